The van der Waals surface area contributed by atoms with Gasteiger partial charge in [-0.15, -0.1) is 24.0 Å². The largest absolute Gasteiger partial charge is 0.354 e. The maximum atomic E-state index is 12.6. The fourth-order valence-corrected chi connectivity index (χ4v) is 3.89. The lowest BCUT2D eigenvalue weighted by Crippen LogP contribution is -2.42. The fraction of sp³-hybridized carbons (Fsp3) is 0.667. The Morgan fingerprint density at radius 1 is 1.13 bits per heavy atom. The molecule has 1 heterocycles. The molecule has 1 aliphatic heterocycles. The van der Waals surface area contributed by atoms with E-state index in [0.29, 0.717) is 12.6 Å². The number of hydrogen-bond acceptors (Lipinski definition) is 3. The monoisotopic (exact) mass is 543 g/mol. The first-order chi connectivity index (χ1) is 14.6. The van der Waals surface area contributed by atoms with Gasteiger partial charge in [0.2, 0.25) is 0 Å². The minimum absolute atomic E-state index is 0. The number of hydrogen-bond donors (Lipinski definition) is 2. The predicted molar refractivity (Wildman–Crippen MR) is 141 cm³/mol. The normalized spacial score (nSPS) is 15.4. The number of benzene rings is 1. The lowest BCUT2D eigenvalue weighted by Gasteiger charge is -2.26. The zero-order chi connectivity index (χ0) is 21.8. The van der Waals surface area contributed by atoms with Crippen molar-refractivity contribution in [2.75, 3.05) is 39.8 Å². The van der Waals surface area contributed by atoms with Crippen LogP contribution in [0.1, 0.15) is 68.8 Å². The molecule has 6 nitrogen and oxygen atoms in total. The summed E-state index contributed by atoms with van der Waals surface area (Å²) in [5.41, 5.74) is 1.92. The van der Waals surface area contributed by atoms with Gasteiger partial charge < -0.3 is 20.4 Å². The summed E-state index contributed by atoms with van der Waals surface area (Å²) in [6.07, 6.45) is 5.77. The van der Waals surface area contributed by atoms with Gasteiger partial charge in [0.05, 0.1) is 0 Å². The Balaban J connectivity index is 0.00000480. The maximum Gasteiger partial charge on any atom is 0.253 e. The molecule has 31 heavy (non-hydrogen) atoms. The number of nitrogens with zero attached hydrogens (tertiary/aromatic N) is 3. The topological polar surface area (TPSA) is 60.0 Å². The molecule has 1 unspecified atom stereocenters. The Kier molecular flexibility index (Phi) is 13.8. The van der Waals surface area contributed by atoms with E-state index in [1.165, 1.54) is 12.8 Å². The van der Waals surface area contributed by atoms with Crippen LogP contribution in [0.15, 0.2) is 29.3 Å². The van der Waals surface area contributed by atoms with E-state index in [2.05, 4.69) is 41.3 Å². The zero-order valence-corrected chi connectivity index (χ0v) is 22.2. The van der Waals surface area contributed by atoms with E-state index in [0.717, 1.165) is 69.1 Å². The molecule has 176 valence electrons. The van der Waals surface area contributed by atoms with Crippen molar-refractivity contribution in [1.82, 2.24) is 20.4 Å². The van der Waals surface area contributed by atoms with Crippen LogP contribution < -0.4 is 10.6 Å². The van der Waals surface area contributed by atoms with Crippen molar-refractivity contribution in [2.24, 2.45) is 4.99 Å². The van der Waals surface area contributed by atoms with Crippen molar-refractivity contribution < 1.29 is 4.79 Å². The highest BCUT2D eigenvalue weighted by molar-refractivity contribution is 14.0. The third-order valence-corrected chi connectivity index (χ3v) is 5.92. The fourth-order valence-electron chi connectivity index (χ4n) is 3.89. The molecule has 0 aliphatic carbocycles. The summed E-state index contributed by atoms with van der Waals surface area (Å²) >= 11 is 0. The first-order valence-electron chi connectivity index (χ1n) is 11.6. The molecule has 1 aliphatic rings. The molecule has 1 fully saturated rings. The number of amides is 1. The molecule has 1 atom stereocenters. The number of halogens is 1. The van der Waals surface area contributed by atoms with E-state index < -0.39 is 0 Å². The number of carbonyl (C=O) groups is 1. The summed E-state index contributed by atoms with van der Waals surface area (Å²) < 4.78 is 0. The minimum atomic E-state index is 0. The second kappa shape index (κ2) is 15.5. The van der Waals surface area contributed by atoms with Crippen LogP contribution in [0.5, 0.6) is 0 Å². The molecule has 2 N–H and O–H groups in total. The molecule has 1 aromatic carbocycles. The number of guanidine groups is 1. The van der Waals surface area contributed by atoms with Crippen LogP contribution in [0, 0.1) is 0 Å². The number of piperidine rings is 1. The van der Waals surface area contributed by atoms with Gasteiger partial charge in [-0.1, -0.05) is 26.0 Å². The second-order valence-electron chi connectivity index (χ2n) is 8.19. The molecule has 0 saturated carbocycles. The van der Waals surface area contributed by atoms with Crippen molar-refractivity contribution in [1.29, 1.82) is 0 Å². The number of carbonyl (C=O) groups excluding carboxylic acids is 1. The van der Waals surface area contributed by atoms with Crippen LogP contribution in [0.3, 0.4) is 0 Å². The van der Waals surface area contributed by atoms with Gasteiger partial charge in [0.25, 0.3) is 5.91 Å². The molecule has 7 heteroatoms. The van der Waals surface area contributed by atoms with Crippen molar-refractivity contribution in [3.8, 4) is 0 Å². The Morgan fingerprint density at radius 3 is 2.35 bits per heavy atom. The summed E-state index contributed by atoms with van der Waals surface area (Å²) in [6.45, 7) is 12.5. The molecular formula is C24H42IN5O. The van der Waals surface area contributed by atoms with Gasteiger partial charge in [-0.05, 0) is 76.4 Å². The first-order valence-corrected chi connectivity index (χ1v) is 11.6. The molecule has 0 bridgehead atoms. The quantitative estimate of drug-likeness (QED) is 0.265. The van der Waals surface area contributed by atoms with Gasteiger partial charge in [0, 0.05) is 38.3 Å². The van der Waals surface area contributed by atoms with Crippen LogP contribution in [-0.2, 0) is 6.54 Å². The lowest BCUT2D eigenvalue weighted by atomic mass is 10.1. The van der Waals surface area contributed by atoms with E-state index in [4.69, 9.17) is 0 Å². The van der Waals surface area contributed by atoms with Crippen LogP contribution in [-0.4, -0.2) is 67.5 Å². The molecule has 1 amide bonds. The zero-order valence-electron chi connectivity index (χ0n) is 19.8. The van der Waals surface area contributed by atoms with Crippen molar-refractivity contribution in [2.45, 2.75) is 65.5 Å². The average molecular weight is 544 g/mol. The highest BCUT2D eigenvalue weighted by atomic mass is 127. The Bertz CT molecular complexity index is 654. The van der Waals surface area contributed by atoms with Gasteiger partial charge in [-0.25, -0.2) is 0 Å². The first kappa shape index (κ1) is 27.7. The van der Waals surface area contributed by atoms with Crippen molar-refractivity contribution >= 4 is 35.8 Å². The van der Waals surface area contributed by atoms with Gasteiger partial charge in [-0.2, -0.15) is 0 Å². The molecular weight excluding hydrogens is 501 g/mol. The van der Waals surface area contributed by atoms with E-state index in [9.17, 15) is 4.79 Å². The highest BCUT2D eigenvalue weighted by Gasteiger charge is 2.17. The van der Waals surface area contributed by atoms with Gasteiger partial charge in [0.1, 0.15) is 0 Å². The Morgan fingerprint density at radius 2 is 1.77 bits per heavy atom. The second-order valence-corrected chi connectivity index (χ2v) is 8.19. The summed E-state index contributed by atoms with van der Waals surface area (Å²) in [4.78, 5) is 21.4. The van der Waals surface area contributed by atoms with E-state index in [1.807, 2.05) is 29.2 Å². The standard InChI is InChI=1S/C24H41N5O.HI/c1-5-28(6-2)16-10-11-20(3)27-24(25-4)26-19-21-12-14-22(15-13-21)23(30)29-17-8-7-9-18-29;/h12-15,20H,5-11,16-19H2,1-4H3,(H2,25,26,27);1H. The average Bonchev–Trinajstić information content (AvgIpc) is 2.80. The van der Waals surface area contributed by atoms with Crippen LogP contribution in [0.2, 0.25) is 0 Å². The molecule has 2 rings (SSSR count). The Hall–Kier alpha value is -1.35. The summed E-state index contributed by atoms with van der Waals surface area (Å²) in [7, 11) is 1.80. The van der Waals surface area contributed by atoms with Gasteiger partial charge >= 0.3 is 0 Å². The SMILES string of the molecule is CCN(CC)CCCC(C)NC(=NC)NCc1ccc(C(=O)N2CCCCC2)cc1.I. The van der Waals surface area contributed by atoms with Crippen LogP contribution in [0.25, 0.3) is 0 Å². The van der Waals surface area contributed by atoms with E-state index in [-0.39, 0.29) is 29.9 Å². The number of nitrogens with one attached hydrogen (secondary N) is 2. The number of likely N-dealkylation sites (tertiary alicyclic amines) is 1. The molecule has 0 radical (unpaired) electrons. The molecule has 1 saturated heterocycles. The van der Waals surface area contributed by atoms with Crippen molar-refractivity contribution in [3.05, 3.63) is 35.4 Å². The minimum Gasteiger partial charge on any atom is -0.354 e. The van der Waals surface area contributed by atoms with Crippen LogP contribution >= 0.6 is 24.0 Å². The molecule has 0 aromatic heterocycles. The summed E-state index contributed by atoms with van der Waals surface area (Å²) in [6, 6.07) is 8.33. The lowest BCUT2D eigenvalue weighted by molar-refractivity contribution is 0.0724. The van der Waals surface area contributed by atoms with E-state index in [1.54, 1.807) is 7.05 Å². The Labute approximate surface area is 206 Å². The number of rotatable bonds is 10. The third kappa shape index (κ3) is 9.76. The predicted octanol–water partition coefficient (Wildman–Crippen LogP) is 4.11. The van der Waals surface area contributed by atoms with Crippen molar-refractivity contribution in [3.63, 3.8) is 0 Å². The molecule has 1 aromatic rings. The highest BCUT2D eigenvalue weighted by Crippen LogP contribution is 2.14. The third-order valence-electron chi connectivity index (χ3n) is 5.92. The van der Waals surface area contributed by atoms with Crippen LogP contribution in [0.4, 0.5) is 0 Å². The van der Waals surface area contributed by atoms with Gasteiger partial charge in [-0.3, -0.25) is 9.79 Å². The van der Waals surface area contributed by atoms with Gasteiger partial charge in [0.15, 0.2) is 5.96 Å². The smallest absolute Gasteiger partial charge is 0.253 e. The molecule has 0 spiro atoms. The summed E-state index contributed by atoms with van der Waals surface area (Å²) in [5, 5.41) is 6.86. The summed E-state index contributed by atoms with van der Waals surface area (Å²) in [5.74, 6) is 0.976. The maximum absolute atomic E-state index is 12.6. The van der Waals surface area contributed by atoms with E-state index >= 15 is 0 Å². The number of aliphatic imine (C=N–C) groups is 1.